The highest BCUT2D eigenvalue weighted by Crippen LogP contribution is 2.33. The van der Waals surface area contributed by atoms with E-state index in [1.54, 1.807) is 0 Å². The first-order chi connectivity index (χ1) is 9.63. The van der Waals surface area contributed by atoms with Crippen molar-refractivity contribution in [3.63, 3.8) is 0 Å². The summed E-state index contributed by atoms with van der Waals surface area (Å²) in [4.78, 5) is 0. The fourth-order valence-electron chi connectivity index (χ4n) is 2.40. The first kappa shape index (κ1) is 13.0. The van der Waals surface area contributed by atoms with Crippen molar-refractivity contribution < 1.29 is 14.6 Å². The van der Waals surface area contributed by atoms with Crippen molar-refractivity contribution >= 4 is 0 Å². The van der Waals surface area contributed by atoms with Crippen LogP contribution in [0.2, 0.25) is 0 Å². The molecular formula is C15H18N2O3. The summed E-state index contributed by atoms with van der Waals surface area (Å²) in [6.45, 7) is 5.47. The highest BCUT2D eigenvalue weighted by Gasteiger charge is 2.16. The van der Waals surface area contributed by atoms with Crippen LogP contribution in [-0.2, 0) is 6.54 Å². The smallest absolute Gasteiger partial charge is 0.161 e. The molecule has 3 rings (SSSR count). The van der Waals surface area contributed by atoms with Crippen molar-refractivity contribution in [1.82, 2.24) is 9.78 Å². The molecule has 5 heteroatoms. The second kappa shape index (κ2) is 5.17. The van der Waals surface area contributed by atoms with Gasteiger partial charge in [0.1, 0.15) is 13.2 Å². The maximum Gasteiger partial charge on any atom is 0.161 e. The molecule has 1 aliphatic heterocycles. The predicted octanol–water partition coefficient (Wildman–Crippen LogP) is 2.00. The fourth-order valence-corrected chi connectivity index (χ4v) is 2.40. The molecule has 0 amide bonds. The lowest BCUT2D eigenvalue weighted by atomic mass is 10.1. The number of hydrogen-bond acceptors (Lipinski definition) is 4. The van der Waals surface area contributed by atoms with Crippen LogP contribution in [0.15, 0.2) is 24.3 Å². The first-order valence-electron chi connectivity index (χ1n) is 6.72. The average molecular weight is 274 g/mol. The van der Waals surface area contributed by atoms with Gasteiger partial charge in [-0.2, -0.15) is 5.10 Å². The Kier molecular flexibility index (Phi) is 3.36. The number of hydrogen-bond donors (Lipinski definition) is 1. The Labute approximate surface area is 117 Å². The summed E-state index contributed by atoms with van der Waals surface area (Å²) in [7, 11) is 0. The van der Waals surface area contributed by atoms with Crippen molar-refractivity contribution in [2.75, 3.05) is 13.2 Å². The number of benzene rings is 1. The van der Waals surface area contributed by atoms with E-state index in [0.29, 0.717) is 25.5 Å². The van der Waals surface area contributed by atoms with Crippen LogP contribution >= 0.6 is 0 Å². The fraction of sp³-hybridized carbons (Fsp3) is 0.400. The van der Waals surface area contributed by atoms with E-state index in [4.69, 9.17) is 9.47 Å². The molecule has 20 heavy (non-hydrogen) atoms. The Morgan fingerprint density at radius 1 is 1.20 bits per heavy atom. The zero-order chi connectivity index (χ0) is 14.1. The van der Waals surface area contributed by atoms with Gasteiger partial charge in [-0.15, -0.1) is 0 Å². The molecule has 1 aromatic carbocycles. The van der Waals surface area contributed by atoms with Crippen LogP contribution in [0.5, 0.6) is 11.5 Å². The van der Waals surface area contributed by atoms with Crippen molar-refractivity contribution in [2.24, 2.45) is 0 Å². The molecule has 0 aliphatic carbocycles. The molecule has 0 radical (unpaired) electrons. The number of fused-ring (bicyclic) bond motifs is 1. The largest absolute Gasteiger partial charge is 0.486 e. The Bertz CT molecular complexity index is 622. The Morgan fingerprint density at radius 2 is 1.95 bits per heavy atom. The molecule has 2 aromatic rings. The first-order valence-corrected chi connectivity index (χ1v) is 6.72. The van der Waals surface area contributed by atoms with E-state index in [2.05, 4.69) is 5.10 Å². The topological polar surface area (TPSA) is 56.5 Å². The standard InChI is InChI=1S/C15H18N2O3/c1-10-7-11(2)17(16-10)9-13(18)12-3-4-14-15(8-12)20-6-5-19-14/h3-4,7-8,13,18H,5-6,9H2,1-2H3. The van der Waals surface area contributed by atoms with E-state index in [9.17, 15) is 5.11 Å². The van der Waals surface area contributed by atoms with Gasteiger partial charge in [-0.1, -0.05) is 6.07 Å². The SMILES string of the molecule is Cc1cc(C)n(CC(O)c2ccc3c(c2)OCCO3)n1. The third-order valence-corrected chi connectivity index (χ3v) is 3.40. The summed E-state index contributed by atoms with van der Waals surface area (Å²) in [5, 5.41) is 14.7. The molecule has 1 aromatic heterocycles. The molecule has 1 aliphatic rings. The number of aliphatic hydroxyl groups is 1. The number of aliphatic hydroxyl groups excluding tert-OH is 1. The minimum absolute atomic E-state index is 0.430. The predicted molar refractivity (Wildman–Crippen MR) is 74.1 cm³/mol. The van der Waals surface area contributed by atoms with E-state index in [0.717, 1.165) is 22.7 Å². The van der Waals surface area contributed by atoms with Gasteiger partial charge in [-0.25, -0.2) is 0 Å². The van der Waals surface area contributed by atoms with E-state index in [-0.39, 0.29) is 0 Å². The van der Waals surface area contributed by atoms with E-state index in [1.807, 2.05) is 42.8 Å². The summed E-state index contributed by atoms with van der Waals surface area (Å²) in [5.41, 5.74) is 2.80. The van der Waals surface area contributed by atoms with Gasteiger partial charge in [0.15, 0.2) is 11.5 Å². The van der Waals surface area contributed by atoms with Crippen molar-refractivity contribution in [2.45, 2.75) is 26.5 Å². The van der Waals surface area contributed by atoms with Gasteiger partial charge in [0.25, 0.3) is 0 Å². The van der Waals surface area contributed by atoms with Crippen molar-refractivity contribution in [3.8, 4) is 11.5 Å². The average Bonchev–Trinajstić information content (AvgIpc) is 2.76. The normalized spacial score (nSPS) is 15.2. The summed E-state index contributed by atoms with van der Waals surface area (Å²) >= 11 is 0. The van der Waals surface area contributed by atoms with Crippen LogP contribution in [0, 0.1) is 13.8 Å². The molecular weight excluding hydrogens is 256 g/mol. The highest BCUT2D eigenvalue weighted by atomic mass is 16.6. The van der Waals surface area contributed by atoms with Gasteiger partial charge in [0.2, 0.25) is 0 Å². The Hall–Kier alpha value is -2.01. The van der Waals surface area contributed by atoms with Crippen molar-refractivity contribution in [3.05, 3.63) is 41.2 Å². The number of nitrogens with zero attached hydrogens (tertiary/aromatic N) is 2. The highest BCUT2D eigenvalue weighted by molar-refractivity contribution is 5.44. The molecule has 1 N–H and O–H groups in total. The second-order valence-electron chi connectivity index (χ2n) is 5.03. The summed E-state index contributed by atoms with van der Waals surface area (Å²) in [5.74, 6) is 1.43. The zero-order valence-corrected chi connectivity index (χ0v) is 11.7. The molecule has 0 fully saturated rings. The van der Waals surface area contributed by atoms with Crippen LogP contribution in [0.3, 0.4) is 0 Å². The summed E-state index contributed by atoms with van der Waals surface area (Å²) < 4.78 is 12.8. The summed E-state index contributed by atoms with van der Waals surface area (Å²) in [6, 6.07) is 7.54. The molecule has 106 valence electrons. The van der Waals surface area contributed by atoms with Crippen LogP contribution in [0.1, 0.15) is 23.1 Å². The van der Waals surface area contributed by atoms with Gasteiger partial charge in [-0.3, -0.25) is 4.68 Å². The third-order valence-electron chi connectivity index (χ3n) is 3.40. The molecule has 2 heterocycles. The number of aromatic nitrogens is 2. The molecule has 5 nitrogen and oxygen atoms in total. The number of aryl methyl sites for hydroxylation is 2. The van der Waals surface area contributed by atoms with Gasteiger partial charge < -0.3 is 14.6 Å². The van der Waals surface area contributed by atoms with E-state index < -0.39 is 6.10 Å². The molecule has 1 unspecified atom stereocenters. The lowest BCUT2D eigenvalue weighted by Crippen LogP contribution is -2.16. The quantitative estimate of drug-likeness (QED) is 0.930. The maximum atomic E-state index is 10.4. The molecule has 0 saturated carbocycles. The van der Waals surface area contributed by atoms with Gasteiger partial charge in [0.05, 0.1) is 18.3 Å². The third kappa shape index (κ3) is 2.49. The lowest BCUT2D eigenvalue weighted by molar-refractivity contribution is 0.147. The van der Waals surface area contributed by atoms with E-state index >= 15 is 0 Å². The monoisotopic (exact) mass is 274 g/mol. The number of ether oxygens (including phenoxy) is 2. The van der Waals surface area contributed by atoms with Crippen LogP contribution in [-0.4, -0.2) is 28.1 Å². The zero-order valence-electron chi connectivity index (χ0n) is 11.7. The molecule has 1 atom stereocenters. The van der Waals surface area contributed by atoms with Crippen LogP contribution in [0.4, 0.5) is 0 Å². The van der Waals surface area contributed by atoms with Crippen LogP contribution < -0.4 is 9.47 Å². The summed E-state index contributed by atoms with van der Waals surface area (Å²) in [6.07, 6.45) is -0.621. The minimum Gasteiger partial charge on any atom is -0.486 e. The minimum atomic E-state index is -0.621. The Morgan fingerprint density at radius 3 is 2.65 bits per heavy atom. The van der Waals surface area contributed by atoms with E-state index in [1.165, 1.54) is 0 Å². The molecule has 0 spiro atoms. The maximum absolute atomic E-state index is 10.4. The van der Waals surface area contributed by atoms with Crippen molar-refractivity contribution in [1.29, 1.82) is 0 Å². The van der Waals surface area contributed by atoms with Gasteiger partial charge in [-0.05, 0) is 37.6 Å². The van der Waals surface area contributed by atoms with Gasteiger partial charge >= 0.3 is 0 Å². The lowest BCUT2D eigenvalue weighted by Gasteiger charge is -2.20. The van der Waals surface area contributed by atoms with Crippen LogP contribution in [0.25, 0.3) is 0 Å². The van der Waals surface area contributed by atoms with Gasteiger partial charge in [0, 0.05) is 5.69 Å². The second-order valence-corrected chi connectivity index (χ2v) is 5.03. The molecule has 0 saturated heterocycles. The Balaban J connectivity index is 1.80. The molecule has 0 bridgehead atoms. The number of rotatable bonds is 3.